The normalized spacial score (nSPS) is 9.91. The summed E-state index contributed by atoms with van der Waals surface area (Å²) in [6.45, 7) is 5.69. The van der Waals surface area contributed by atoms with Crippen molar-refractivity contribution in [2.75, 3.05) is 5.75 Å². The molecular formula is C8H11NS2. The van der Waals surface area contributed by atoms with E-state index in [1.54, 1.807) is 23.1 Å². The first kappa shape index (κ1) is 8.81. The first-order valence-corrected chi connectivity index (χ1v) is 5.35. The van der Waals surface area contributed by atoms with Gasteiger partial charge in [-0.2, -0.15) is 0 Å². The molecule has 0 unspecified atom stereocenters. The van der Waals surface area contributed by atoms with Crippen molar-refractivity contribution in [2.45, 2.75) is 17.7 Å². The zero-order valence-electron chi connectivity index (χ0n) is 6.54. The van der Waals surface area contributed by atoms with Crippen molar-refractivity contribution in [3.63, 3.8) is 0 Å². The summed E-state index contributed by atoms with van der Waals surface area (Å²) in [7, 11) is 0. The predicted octanol–water partition coefficient (Wildman–Crippen LogP) is 3.12. The Morgan fingerprint density at radius 3 is 3.18 bits per heavy atom. The lowest BCUT2D eigenvalue weighted by Crippen LogP contribution is -1.75. The first-order valence-electron chi connectivity index (χ1n) is 3.49. The Morgan fingerprint density at radius 1 is 1.82 bits per heavy atom. The molecule has 0 aliphatic carbocycles. The van der Waals surface area contributed by atoms with Crippen LogP contribution in [0.25, 0.3) is 0 Å². The van der Waals surface area contributed by atoms with Crippen LogP contribution < -0.4 is 0 Å². The van der Waals surface area contributed by atoms with Gasteiger partial charge in [-0.3, -0.25) is 0 Å². The van der Waals surface area contributed by atoms with Gasteiger partial charge in [0.2, 0.25) is 0 Å². The quantitative estimate of drug-likeness (QED) is 0.406. The van der Waals surface area contributed by atoms with E-state index in [0.717, 1.165) is 17.9 Å². The van der Waals surface area contributed by atoms with Gasteiger partial charge in [-0.1, -0.05) is 17.8 Å². The second-order valence-corrected chi connectivity index (χ2v) is 4.38. The Balaban J connectivity index is 2.32. The number of hydrogen-bond donors (Lipinski definition) is 0. The smallest absolute Gasteiger partial charge is 0.150 e. The Bertz CT molecular complexity index is 230. The molecule has 0 saturated heterocycles. The van der Waals surface area contributed by atoms with E-state index in [1.165, 1.54) is 4.34 Å². The van der Waals surface area contributed by atoms with Gasteiger partial charge < -0.3 is 0 Å². The monoisotopic (exact) mass is 185 g/mol. The maximum absolute atomic E-state index is 4.33. The van der Waals surface area contributed by atoms with Gasteiger partial charge in [0.1, 0.15) is 4.34 Å². The first-order chi connectivity index (χ1) is 5.33. The second-order valence-electron chi connectivity index (χ2n) is 2.18. The van der Waals surface area contributed by atoms with Crippen molar-refractivity contribution in [3.8, 4) is 0 Å². The Labute approximate surface area is 75.5 Å². The summed E-state index contributed by atoms with van der Waals surface area (Å²) < 4.78 is 1.17. The van der Waals surface area contributed by atoms with Crippen LogP contribution in [0.15, 0.2) is 22.4 Å². The topological polar surface area (TPSA) is 12.9 Å². The van der Waals surface area contributed by atoms with Crippen molar-refractivity contribution in [2.24, 2.45) is 0 Å². The van der Waals surface area contributed by atoms with Gasteiger partial charge in [0.15, 0.2) is 0 Å². The van der Waals surface area contributed by atoms with Gasteiger partial charge in [0.05, 0.1) is 0 Å². The van der Waals surface area contributed by atoms with E-state index in [-0.39, 0.29) is 0 Å². The fourth-order valence-corrected chi connectivity index (χ4v) is 2.48. The predicted molar refractivity (Wildman–Crippen MR) is 52.4 cm³/mol. The van der Waals surface area contributed by atoms with E-state index in [2.05, 4.69) is 16.9 Å². The average molecular weight is 185 g/mol. The largest absolute Gasteiger partial charge is 0.235 e. The molecule has 1 rings (SSSR count). The molecule has 0 bridgehead atoms. The molecule has 0 fully saturated rings. The van der Waals surface area contributed by atoms with Crippen LogP contribution in [0.2, 0.25) is 0 Å². The number of hydrogen-bond acceptors (Lipinski definition) is 3. The van der Waals surface area contributed by atoms with Gasteiger partial charge >= 0.3 is 0 Å². The molecule has 0 N–H and O–H groups in total. The SMILES string of the molecule is C=CCCSc1nc(C)cs1. The molecule has 1 heterocycles. The molecule has 0 aliphatic rings. The number of allylic oxidation sites excluding steroid dienone is 1. The Hall–Kier alpha value is -0.280. The fraction of sp³-hybridized carbons (Fsp3) is 0.375. The minimum absolute atomic E-state index is 1.06. The highest BCUT2D eigenvalue weighted by Crippen LogP contribution is 2.22. The molecule has 1 aromatic heterocycles. The Kier molecular flexibility index (Phi) is 3.66. The molecule has 1 nitrogen and oxygen atoms in total. The molecule has 0 aromatic carbocycles. The standard InChI is InChI=1S/C8H11NS2/c1-3-4-5-10-8-9-7(2)6-11-8/h3,6H,1,4-5H2,2H3. The molecule has 0 amide bonds. The van der Waals surface area contributed by atoms with Crippen LogP contribution >= 0.6 is 23.1 Å². The van der Waals surface area contributed by atoms with Gasteiger partial charge in [-0.25, -0.2) is 4.98 Å². The van der Waals surface area contributed by atoms with Crippen LogP contribution in [-0.4, -0.2) is 10.7 Å². The molecule has 11 heavy (non-hydrogen) atoms. The number of thiazole rings is 1. The van der Waals surface area contributed by atoms with Crippen LogP contribution in [0.4, 0.5) is 0 Å². The molecule has 0 aliphatic heterocycles. The molecular weight excluding hydrogens is 174 g/mol. The highest BCUT2D eigenvalue weighted by atomic mass is 32.2. The maximum Gasteiger partial charge on any atom is 0.150 e. The number of thioether (sulfide) groups is 1. The third-order valence-corrected chi connectivity index (χ3v) is 3.32. The zero-order chi connectivity index (χ0) is 8.10. The summed E-state index contributed by atoms with van der Waals surface area (Å²) in [4.78, 5) is 4.33. The third kappa shape index (κ3) is 3.08. The van der Waals surface area contributed by atoms with E-state index in [0.29, 0.717) is 0 Å². The van der Waals surface area contributed by atoms with Crippen LogP contribution in [-0.2, 0) is 0 Å². The van der Waals surface area contributed by atoms with E-state index in [1.807, 2.05) is 13.0 Å². The lowest BCUT2D eigenvalue weighted by atomic mass is 10.5. The lowest BCUT2D eigenvalue weighted by Gasteiger charge is -1.90. The molecule has 60 valence electrons. The summed E-state index contributed by atoms with van der Waals surface area (Å²) >= 11 is 3.52. The number of rotatable bonds is 4. The van der Waals surface area contributed by atoms with Crippen molar-refractivity contribution >= 4 is 23.1 Å². The van der Waals surface area contributed by atoms with Crippen LogP contribution in [0.5, 0.6) is 0 Å². The van der Waals surface area contributed by atoms with Crippen molar-refractivity contribution in [3.05, 3.63) is 23.7 Å². The second kappa shape index (κ2) is 4.57. The molecule has 1 aromatic rings. The minimum Gasteiger partial charge on any atom is -0.235 e. The summed E-state index contributed by atoms with van der Waals surface area (Å²) in [6, 6.07) is 0. The average Bonchev–Trinajstić information content (AvgIpc) is 2.37. The fourth-order valence-electron chi connectivity index (χ4n) is 0.628. The van der Waals surface area contributed by atoms with Crippen molar-refractivity contribution < 1.29 is 0 Å². The third-order valence-electron chi connectivity index (χ3n) is 1.15. The summed E-state index contributed by atoms with van der Waals surface area (Å²) in [5.74, 6) is 1.09. The minimum atomic E-state index is 1.06. The Morgan fingerprint density at radius 2 is 2.64 bits per heavy atom. The molecule has 3 heteroatoms. The number of aromatic nitrogens is 1. The van der Waals surface area contributed by atoms with Gasteiger partial charge in [-0.15, -0.1) is 17.9 Å². The lowest BCUT2D eigenvalue weighted by molar-refractivity contribution is 1.15. The molecule has 0 radical (unpaired) electrons. The number of nitrogens with zero attached hydrogens (tertiary/aromatic N) is 1. The molecule has 0 atom stereocenters. The van der Waals surface area contributed by atoms with E-state index < -0.39 is 0 Å². The molecule has 0 saturated carbocycles. The highest BCUT2D eigenvalue weighted by molar-refractivity contribution is 8.01. The van der Waals surface area contributed by atoms with E-state index >= 15 is 0 Å². The van der Waals surface area contributed by atoms with Crippen LogP contribution in [0.1, 0.15) is 12.1 Å². The van der Waals surface area contributed by atoms with Gasteiger partial charge in [0.25, 0.3) is 0 Å². The molecule has 0 spiro atoms. The summed E-state index contributed by atoms with van der Waals surface area (Å²) in [5.41, 5.74) is 1.12. The van der Waals surface area contributed by atoms with Crippen LogP contribution in [0, 0.1) is 6.92 Å². The van der Waals surface area contributed by atoms with Crippen LogP contribution in [0.3, 0.4) is 0 Å². The van der Waals surface area contributed by atoms with Gasteiger partial charge in [0, 0.05) is 16.8 Å². The van der Waals surface area contributed by atoms with Gasteiger partial charge in [-0.05, 0) is 13.3 Å². The van der Waals surface area contributed by atoms with E-state index in [9.17, 15) is 0 Å². The van der Waals surface area contributed by atoms with Crippen molar-refractivity contribution in [1.82, 2.24) is 4.98 Å². The van der Waals surface area contributed by atoms with E-state index in [4.69, 9.17) is 0 Å². The maximum atomic E-state index is 4.33. The zero-order valence-corrected chi connectivity index (χ0v) is 8.17. The summed E-state index contributed by atoms with van der Waals surface area (Å²) in [6.07, 6.45) is 3.00. The van der Waals surface area contributed by atoms with Crippen molar-refractivity contribution in [1.29, 1.82) is 0 Å². The number of aryl methyl sites for hydroxylation is 1. The summed E-state index contributed by atoms with van der Waals surface area (Å²) in [5, 5.41) is 2.08. The highest BCUT2D eigenvalue weighted by Gasteiger charge is 1.96.